The average molecular weight is 333 g/mol. The van der Waals surface area contributed by atoms with Gasteiger partial charge in [-0.1, -0.05) is 24.3 Å². The van der Waals surface area contributed by atoms with Crippen LogP contribution in [0.3, 0.4) is 0 Å². The zero-order valence-electron chi connectivity index (χ0n) is 14.0. The first-order chi connectivity index (χ1) is 12.3. The number of ether oxygens (including phenoxy) is 1. The third-order valence-corrected chi connectivity index (χ3v) is 4.64. The van der Waals surface area contributed by atoms with Crippen molar-refractivity contribution in [2.75, 3.05) is 13.7 Å². The van der Waals surface area contributed by atoms with Crippen LogP contribution in [0.1, 0.15) is 28.4 Å². The van der Waals surface area contributed by atoms with E-state index in [1.165, 1.54) is 0 Å². The third-order valence-electron chi connectivity index (χ3n) is 4.64. The Balaban J connectivity index is 1.58. The molecule has 1 aromatic heterocycles. The van der Waals surface area contributed by atoms with Gasteiger partial charge in [0.15, 0.2) is 0 Å². The van der Waals surface area contributed by atoms with Crippen LogP contribution in [0.2, 0.25) is 0 Å². The van der Waals surface area contributed by atoms with Gasteiger partial charge in [-0.05, 0) is 36.2 Å². The summed E-state index contributed by atoms with van der Waals surface area (Å²) in [6.45, 7) is 0.770. The van der Waals surface area contributed by atoms with Crippen LogP contribution < -0.4 is 4.74 Å². The van der Waals surface area contributed by atoms with E-state index in [1.54, 1.807) is 19.5 Å². The maximum absolute atomic E-state index is 13.0. The number of rotatable bonds is 4. The van der Waals surface area contributed by atoms with Gasteiger partial charge in [-0.2, -0.15) is 0 Å². The number of methoxy groups -OCH3 is 1. The Morgan fingerprint density at radius 3 is 2.84 bits per heavy atom. The lowest BCUT2D eigenvalue weighted by molar-refractivity contribution is 0.0460. The molecule has 1 aliphatic heterocycles. The van der Waals surface area contributed by atoms with E-state index >= 15 is 0 Å². The maximum Gasteiger partial charge on any atom is 0.254 e. The number of hydrogen-bond acceptors (Lipinski definition) is 3. The minimum absolute atomic E-state index is 0.0486. The predicted octanol–water partition coefficient (Wildman–Crippen LogP) is 3.67. The molecule has 5 nitrogen and oxygen atoms in total. The van der Waals surface area contributed by atoms with Crippen molar-refractivity contribution < 1.29 is 9.53 Å². The highest BCUT2D eigenvalue weighted by Crippen LogP contribution is 2.36. The molecule has 2 heterocycles. The molecule has 0 bridgehead atoms. The summed E-state index contributed by atoms with van der Waals surface area (Å²) in [4.78, 5) is 22.2. The summed E-state index contributed by atoms with van der Waals surface area (Å²) in [7, 11) is 1.66. The molecule has 1 atom stereocenters. The van der Waals surface area contributed by atoms with Gasteiger partial charge in [-0.25, -0.2) is 4.98 Å². The van der Waals surface area contributed by atoms with E-state index in [0.717, 1.165) is 35.7 Å². The molecular formula is C20H19N3O2. The Morgan fingerprint density at radius 2 is 2.12 bits per heavy atom. The Labute approximate surface area is 146 Å². The largest absolute Gasteiger partial charge is 0.497 e. The summed E-state index contributed by atoms with van der Waals surface area (Å²) in [5.74, 6) is 1.63. The van der Waals surface area contributed by atoms with Gasteiger partial charge in [-0.3, -0.25) is 4.79 Å². The molecular weight excluding hydrogens is 314 g/mol. The highest BCUT2D eigenvalue weighted by atomic mass is 16.5. The molecule has 1 amide bonds. The molecule has 1 N–H and O–H groups in total. The van der Waals surface area contributed by atoms with Crippen molar-refractivity contribution in [3.05, 3.63) is 72.1 Å². The monoisotopic (exact) mass is 333 g/mol. The standard InChI is InChI=1S/C20H19N3O2/c1-25-17-7-3-4-14(13-17)18-8-11-23(18)20(24)16-6-2-5-15(12-16)19-21-9-10-22-19/h2-7,9-10,12-13,18H,8,11H2,1H3,(H,21,22)/t18-/m0/s1. The number of likely N-dealkylation sites (tertiary alicyclic amines) is 1. The number of aromatic amines is 1. The van der Waals surface area contributed by atoms with Crippen LogP contribution in [0, 0.1) is 0 Å². The molecule has 1 aliphatic rings. The second kappa shape index (κ2) is 6.43. The minimum Gasteiger partial charge on any atom is -0.497 e. The van der Waals surface area contributed by atoms with Gasteiger partial charge >= 0.3 is 0 Å². The summed E-state index contributed by atoms with van der Waals surface area (Å²) < 4.78 is 5.30. The van der Waals surface area contributed by atoms with Gasteiger partial charge in [0.1, 0.15) is 11.6 Å². The number of aromatic nitrogens is 2. The minimum atomic E-state index is 0.0486. The van der Waals surface area contributed by atoms with E-state index in [0.29, 0.717) is 5.56 Å². The molecule has 0 unspecified atom stereocenters. The fraction of sp³-hybridized carbons (Fsp3) is 0.200. The number of carbonyl (C=O) groups excluding carboxylic acids is 1. The van der Waals surface area contributed by atoms with E-state index in [2.05, 4.69) is 9.97 Å². The number of amides is 1. The smallest absolute Gasteiger partial charge is 0.254 e. The topological polar surface area (TPSA) is 58.2 Å². The van der Waals surface area contributed by atoms with Crippen molar-refractivity contribution in [1.29, 1.82) is 0 Å². The zero-order chi connectivity index (χ0) is 17.2. The van der Waals surface area contributed by atoms with Crippen LogP contribution in [0.5, 0.6) is 5.75 Å². The van der Waals surface area contributed by atoms with E-state index < -0.39 is 0 Å². The number of hydrogen-bond donors (Lipinski definition) is 1. The molecule has 0 spiro atoms. The van der Waals surface area contributed by atoms with Crippen LogP contribution in [-0.2, 0) is 0 Å². The maximum atomic E-state index is 13.0. The van der Waals surface area contributed by atoms with Crippen molar-refractivity contribution in [2.24, 2.45) is 0 Å². The molecule has 4 rings (SSSR count). The molecule has 0 radical (unpaired) electrons. The Bertz CT molecular complexity index is 889. The highest BCUT2D eigenvalue weighted by molar-refractivity contribution is 5.96. The normalized spacial score (nSPS) is 16.4. The van der Waals surface area contributed by atoms with Crippen molar-refractivity contribution in [2.45, 2.75) is 12.5 Å². The average Bonchev–Trinajstić information content (AvgIpc) is 3.16. The molecule has 1 fully saturated rings. The van der Waals surface area contributed by atoms with Crippen LogP contribution in [0.15, 0.2) is 60.9 Å². The van der Waals surface area contributed by atoms with E-state index in [4.69, 9.17) is 4.74 Å². The number of H-pyrrole nitrogens is 1. The first-order valence-corrected chi connectivity index (χ1v) is 8.31. The lowest BCUT2D eigenvalue weighted by Crippen LogP contribution is -2.45. The summed E-state index contributed by atoms with van der Waals surface area (Å²) in [6.07, 6.45) is 4.45. The first kappa shape index (κ1) is 15.4. The number of benzene rings is 2. The van der Waals surface area contributed by atoms with Gasteiger partial charge in [0.2, 0.25) is 0 Å². The lowest BCUT2D eigenvalue weighted by atomic mass is 9.93. The molecule has 25 heavy (non-hydrogen) atoms. The summed E-state index contributed by atoms with van der Waals surface area (Å²) in [6, 6.07) is 15.6. The summed E-state index contributed by atoms with van der Waals surface area (Å²) in [5, 5.41) is 0. The third kappa shape index (κ3) is 2.89. The Kier molecular flexibility index (Phi) is 3.98. The Hall–Kier alpha value is -3.08. The highest BCUT2D eigenvalue weighted by Gasteiger charge is 2.34. The first-order valence-electron chi connectivity index (χ1n) is 8.31. The quantitative estimate of drug-likeness (QED) is 0.792. The van der Waals surface area contributed by atoms with Crippen molar-refractivity contribution >= 4 is 5.91 Å². The van der Waals surface area contributed by atoms with Crippen molar-refractivity contribution in [3.8, 4) is 17.1 Å². The number of carbonyl (C=O) groups is 1. The van der Waals surface area contributed by atoms with Gasteiger partial charge < -0.3 is 14.6 Å². The Morgan fingerprint density at radius 1 is 1.24 bits per heavy atom. The van der Waals surface area contributed by atoms with Crippen LogP contribution in [0.25, 0.3) is 11.4 Å². The second-order valence-electron chi connectivity index (χ2n) is 6.10. The van der Waals surface area contributed by atoms with Crippen molar-refractivity contribution in [1.82, 2.24) is 14.9 Å². The van der Waals surface area contributed by atoms with Crippen LogP contribution in [0.4, 0.5) is 0 Å². The van der Waals surface area contributed by atoms with E-state index in [-0.39, 0.29) is 11.9 Å². The molecule has 126 valence electrons. The summed E-state index contributed by atoms with van der Waals surface area (Å²) >= 11 is 0. The van der Waals surface area contributed by atoms with E-state index in [1.807, 2.05) is 53.4 Å². The van der Waals surface area contributed by atoms with E-state index in [9.17, 15) is 4.79 Å². The van der Waals surface area contributed by atoms with Gasteiger partial charge in [-0.15, -0.1) is 0 Å². The number of nitrogens with zero attached hydrogens (tertiary/aromatic N) is 2. The zero-order valence-corrected chi connectivity index (χ0v) is 14.0. The summed E-state index contributed by atoms with van der Waals surface area (Å²) in [5.41, 5.74) is 2.71. The molecule has 1 saturated heterocycles. The fourth-order valence-corrected chi connectivity index (χ4v) is 3.21. The SMILES string of the molecule is COc1cccc([C@@H]2CCN2C(=O)c2cccc(-c3ncc[nH]3)c2)c1. The number of nitrogens with one attached hydrogen (secondary N) is 1. The number of imidazole rings is 1. The molecule has 2 aromatic carbocycles. The van der Waals surface area contributed by atoms with Gasteiger partial charge in [0.25, 0.3) is 5.91 Å². The van der Waals surface area contributed by atoms with Crippen molar-refractivity contribution in [3.63, 3.8) is 0 Å². The van der Waals surface area contributed by atoms with Gasteiger partial charge in [0, 0.05) is 30.1 Å². The van der Waals surface area contributed by atoms with Crippen LogP contribution in [-0.4, -0.2) is 34.4 Å². The lowest BCUT2D eigenvalue weighted by Gasteiger charge is -2.41. The van der Waals surface area contributed by atoms with Crippen LogP contribution >= 0.6 is 0 Å². The predicted molar refractivity (Wildman–Crippen MR) is 95.4 cm³/mol. The second-order valence-corrected chi connectivity index (χ2v) is 6.10. The van der Waals surface area contributed by atoms with Gasteiger partial charge in [0.05, 0.1) is 13.2 Å². The fourth-order valence-electron chi connectivity index (χ4n) is 3.21. The molecule has 0 saturated carbocycles. The molecule has 5 heteroatoms. The molecule has 0 aliphatic carbocycles. The molecule has 3 aromatic rings.